The normalized spacial score (nSPS) is 21.5. The van der Waals surface area contributed by atoms with Crippen LogP contribution in [0.3, 0.4) is 0 Å². The van der Waals surface area contributed by atoms with Crippen molar-refractivity contribution < 1.29 is 22.8 Å². The number of amides is 2. The number of hydrogen-bond acceptors (Lipinski definition) is 3. The van der Waals surface area contributed by atoms with Crippen molar-refractivity contribution in [3.8, 4) is 0 Å². The minimum Gasteiger partial charge on any atom is -0.332 e. The molecule has 1 aliphatic heterocycles. The number of hydrogen-bond donors (Lipinski definition) is 1. The molecular formula is C23H22Cl2F3N3O2. The molecule has 1 saturated carbocycles. The zero-order chi connectivity index (χ0) is 23.9. The molecule has 0 aromatic heterocycles. The summed E-state index contributed by atoms with van der Waals surface area (Å²) in [5.74, 6) is -1.16. The van der Waals surface area contributed by atoms with Gasteiger partial charge in [0.15, 0.2) is 6.17 Å². The summed E-state index contributed by atoms with van der Waals surface area (Å²) in [7, 11) is 1.66. The Balaban J connectivity index is 1.67. The number of anilines is 1. The molecule has 1 fully saturated rings. The monoisotopic (exact) mass is 499 g/mol. The standard InChI is InChI=1S/C23H22Cl2F3N3O2/c1-30-20(14-6-7-14)17-4-2-3-5-18(17)31(12-23(26,27)28)22(33)21(30)29-19(32)10-13-8-15(24)11-16(25)9-13/h2-5,8-9,11,14,20-21H,6-7,10,12H2,1H3,(H,29,32). The maximum Gasteiger partial charge on any atom is 0.406 e. The van der Waals surface area contributed by atoms with Crippen LogP contribution in [0.15, 0.2) is 42.5 Å². The highest BCUT2D eigenvalue weighted by atomic mass is 35.5. The van der Waals surface area contributed by atoms with Gasteiger partial charge in [-0.05, 0) is 61.2 Å². The second-order valence-electron chi connectivity index (χ2n) is 8.47. The van der Waals surface area contributed by atoms with E-state index in [4.69, 9.17) is 23.2 Å². The average molecular weight is 500 g/mol. The molecule has 0 bridgehead atoms. The number of benzene rings is 2. The summed E-state index contributed by atoms with van der Waals surface area (Å²) >= 11 is 12.0. The molecule has 10 heteroatoms. The summed E-state index contributed by atoms with van der Waals surface area (Å²) in [5.41, 5.74) is 1.41. The van der Waals surface area contributed by atoms with Crippen LogP contribution in [0.1, 0.15) is 30.0 Å². The van der Waals surface area contributed by atoms with Crippen LogP contribution in [-0.2, 0) is 16.0 Å². The number of nitrogens with zero attached hydrogens (tertiary/aromatic N) is 2. The number of nitrogens with one attached hydrogen (secondary N) is 1. The van der Waals surface area contributed by atoms with E-state index in [-0.39, 0.29) is 24.1 Å². The number of rotatable bonds is 5. The Hall–Kier alpha value is -2.29. The molecular weight excluding hydrogens is 478 g/mol. The predicted molar refractivity (Wildman–Crippen MR) is 120 cm³/mol. The molecule has 1 N–H and O–H groups in total. The number of fused-ring (bicyclic) bond motifs is 1. The molecule has 5 nitrogen and oxygen atoms in total. The van der Waals surface area contributed by atoms with Crippen molar-refractivity contribution in [1.29, 1.82) is 0 Å². The maximum absolute atomic E-state index is 13.4. The Morgan fingerprint density at radius 3 is 2.36 bits per heavy atom. The van der Waals surface area contributed by atoms with Crippen LogP contribution in [-0.4, -0.2) is 42.6 Å². The molecule has 2 amide bonds. The number of para-hydroxylation sites is 1. The van der Waals surface area contributed by atoms with E-state index >= 15 is 0 Å². The Labute approximate surface area is 199 Å². The molecule has 0 radical (unpaired) electrons. The third kappa shape index (κ3) is 5.45. The number of halogens is 5. The fraction of sp³-hybridized carbons (Fsp3) is 0.391. The van der Waals surface area contributed by atoms with Crippen LogP contribution in [0, 0.1) is 5.92 Å². The van der Waals surface area contributed by atoms with Gasteiger partial charge >= 0.3 is 6.18 Å². The number of carbonyl (C=O) groups is 2. The molecule has 2 atom stereocenters. The second kappa shape index (κ2) is 9.16. The molecule has 176 valence electrons. The van der Waals surface area contributed by atoms with Gasteiger partial charge in [-0.15, -0.1) is 0 Å². The van der Waals surface area contributed by atoms with Crippen LogP contribution in [0.25, 0.3) is 0 Å². The van der Waals surface area contributed by atoms with Crippen molar-refractivity contribution >= 4 is 40.7 Å². The first kappa shape index (κ1) is 23.9. The van der Waals surface area contributed by atoms with Crippen molar-refractivity contribution in [2.75, 3.05) is 18.5 Å². The van der Waals surface area contributed by atoms with Crippen molar-refractivity contribution in [2.45, 2.75) is 37.6 Å². The van der Waals surface area contributed by atoms with Crippen LogP contribution in [0.4, 0.5) is 18.9 Å². The molecule has 2 aromatic carbocycles. The van der Waals surface area contributed by atoms with Gasteiger partial charge in [0.2, 0.25) is 5.91 Å². The summed E-state index contributed by atoms with van der Waals surface area (Å²) in [4.78, 5) is 28.7. The fourth-order valence-corrected chi connectivity index (χ4v) is 4.98. The van der Waals surface area contributed by atoms with Gasteiger partial charge in [-0.2, -0.15) is 13.2 Å². The average Bonchev–Trinajstić information content (AvgIpc) is 3.54. The first-order valence-corrected chi connectivity index (χ1v) is 11.2. The molecule has 2 aromatic rings. The highest BCUT2D eigenvalue weighted by Crippen LogP contribution is 2.48. The van der Waals surface area contributed by atoms with E-state index in [1.165, 1.54) is 12.1 Å². The van der Waals surface area contributed by atoms with E-state index < -0.39 is 30.7 Å². The Morgan fingerprint density at radius 2 is 1.76 bits per heavy atom. The number of likely N-dealkylation sites (N-methyl/N-ethyl adjacent to an activating group) is 1. The molecule has 2 unspecified atom stereocenters. The first-order chi connectivity index (χ1) is 15.5. The zero-order valence-corrected chi connectivity index (χ0v) is 19.2. The minimum atomic E-state index is -4.60. The van der Waals surface area contributed by atoms with Crippen LogP contribution >= 0.6 is 23.2 Å². The lowest BCUT2D eigenvalue weighted by Gasteiger charge is -2.33. The minimum absolute atomic E-state index is 0.127. The van der Waals surface area contributed by atoms with Gasteiger partial charge in [0.25, 0.3) is 5.91 Å². The molecule has 33 heavy (non-hydrogen) atoms. The van der Waals surface area contributed by atoms with Crippen LogP contribution < -0.4 is 10.2 Å². The van der Waals surface area contributed by atoms with Crippen LogP contribution in [0.2, 0.25) is 10.0 Å². The molecule has 1 aliphatic carbocycles. The van der Waals surface area contributed by atoms with Crippen molar-refractivity contribution in [1.82, 2.24) is 10.2 Å². The summed E-state index contributed by atoms with van der Waals surface area (Å²) in [6.45, 7) is -1.44. The smallest absolute Gasteiger partial charge is 0.332 e. The lowest BCUT2D eigenvalue weighted by molar-refractivity contribution is -0.138. The Kier molecular flexibility index (Phi) is 6.62. The zero-order valence-electron chi connectivity index (χ0n) is 17.7. The van der Waals surface area contributed by atoms with E-state index in [9.17, 15) is 22.8 Å². The van der Waals surface area contributed by atoms with Crippen molar-refractivity contribution in [3.05, 3.63) is 63.6 Å². The van der Waals surface area contributed by atoms with Crippen molar-refractivity contribution in [3.63, 3.8) is 0 Å². The molecule has 1 heterocycles. The molecule has 4 rings (SSSR count). The van der Waals surface area contributed by atoms with Gasteiger partial charge in [0.1, 0.15) is 6.54 Å². The van der Waals surface area contributed by atoms with E-state index in [2.05, 4.69) is 5.32 Å². The van der Waals surface area contributed by atoms with E-state index in [1.54, 1.807) is 42.3 Å². The third-order valence-electron chi connectivity index (χ3n) is 5.88. The summed E-state index contributed by atoms with van der Waals surface area (Å²) in [6.07, 6.45) is -4.19. The van der Waals surface area contributed by atoms with Gasteiger partial charge in [-0.3, -0.25) is 19.4 Å². The van der Waals surface area contributed by atoms with E-state index in [0.29, 0.717) is 21.2 Å². The van der Waals surface area contributed by atoms with E-state index in [0.717, 1.165) is 17.7 Å². The fourth-order valence-electron chi connectivity index (χ4n) is 4.41. The van der Waals surface area contributed by atoms with Gasteiger partial charge in [-0.1, -0.05) is 41.4 Å². The largest absolute Gasteiger partial charge is 0.406 e. The maximum atomic E-state index is 13.4. The third-order valence-corrected chi connectivity index (χ3v) is 6.32. The lowest BCUT2D eigenvalue weighted by atomic mass is 9.99. The van der Waals surface area contributed by atoms with Gasteiger partial charge in [0.05, 0.1) is 6.42 Å². The summed E-state index contributed by atoms with van der Waals surface area (Å²) in [6, 6.07) is 11.0. The quantitative estimate of drug-likeness (QED) is 0.631. The molecule has 0 spiro atoms. The highest BCUT2D eigenvalue weighted by molar-refractivity contribution is 6.34. The molecule has 2 aliphatic rings. The molecule has 0 saturated heterocycles. The summed E-state index contributed by atoms with van der Waals surface area (Å²) in [5, 5.41) is 3.36. The number of carbonyl (C=O) groups excluding carboxylic acids is 2. The second-order valence-corrected chi connectivity index (χ2v) is 9.34. The van der Waals surface area contributed by atoms with E-state index in [1.807, 2.05) is 0 Å². The van der Waals surface area contributed by atoms with Crippen LogP contribution in [0.5, 0.6) is 0 Å². The van der Waals surface area contributed by atoms with Gasteiger partial charge < -0.3 is 5.32 Å². The van der Waals surface area contributed by atoms with Crippen molar-refractivity contribution in [2.24, 2.45) is 5.92 Å². The SMILES string of the molecule is CN1C(NC(=O)Cc2cc(Cl)cc(Cl)c2)C(=O)N(CC(F)(F)F)c2ccccc2C1C1CC1. The predicted octanol–water partition coefficient (Wildman–Crippen LogP) is 4.97. The summed E-state index contributed by atoms with van der Waals surface area (Å²) < 4.78 is 40.3. The van der Waals surface area contributed by atoms with Gasteiger partial charge in [-0.25, -0.2) is 0 Å². The van der Waals surface area contributed by atoms with Gasteiger partial charge in [0, 0.05) is 21.8 Å². The highest BCUT2D eigenvalue weighted by Gasteiger charge is 2.47. The lowest BCUT2D eigenvalue weighted by Crippen LogP contribution is -2.57. The first-order valence-electron chi connectivity index (χ1n) is 10.5. The Bertz CT molecular complexity index is 1050. The number of alkyl halides is 3. The topological polar surface area (TPSA) is 52.7 Å². The Morgan fingerprint density at radius 1 is 1.12 bits per heavy atom.